The van der Waals surface area contributed by atoms with E-state index >= 15 is 0 Å². The third-order valence-electron chi connectivity index (χ3n) is 15.3. The van der Waals surface area contributed by atoms with Gasteiger partial charge >= 0.3 is 5.97 Å². The quantitative estimate of drug-likeness (QED) is 0.297. The highest BCUT2D eigenvalue weighted by atomic mass is 16.4. The van der Waals surface area contributed by atoms with Gasteiger partial charge in [0.25, 0.3) is 0 Å². The molecule has 4 heteroatoms. The number of aromatic hydroxyl groups is 1. The number of benzene rings is 1. The summed E-state index contributed by atoms with van der Waals surface area (Å²) in [5, 5.41) is 24.3. The molecule has 10 atom stereocenters. The number of phenols is 1. The van der Waals surface area contributed by atoms with Crippen molar-refractivity contribution in [2.75, 3.05) is 6.54 Å². The van der Waals surface area contributed by atoms with Crippen LogP contribution >= 0.6 is 0 Å². The normalized spacial score (nSPS) is 45.7. The lowest BCUT2D eigenvalue weighted by atomic mass is 9.32. The second kappa shape index (κ2) is 10.1. The molecular weight excluding hydrogens is 518 g/mol. The maximum atomic E-state index is 12.9. The molecule has 0 heterocycles. The Labute approximate surface area is 255 Å². The van der Waals surface area contributed by atoms with Crippen molar-refractivity contribution in [2.24, 2.45) is 56.7 Å². The highest BCUT2D eigenvalue weighted by Crippen LogP contribution is 2.77. The van der Waals surface area contributed by atoms with Gasteiger partial charge in [-0.05, 0) is 153 Å². The Morgan fingerprint density at radius 2 is 1.60 bits per heavy atom. The van der Waals surface area contributed by atoms with Crippen molar-refractivity contribution in [3.63, 3.8) is 0 Å². The molecular formula is C38H57NO3. The minimum Gasteiger partial charge on any atom is -0.508 e. The third-order valence-corrected chi connectivity index (χ3v) is 15.3. The molecule has 0 radical (unpaired) electrons. The molecule has 5 aliphatic carbocycles. The molecule has 5 fully saturated rings. The smallest absolute Gasteiger partial charge is 0.309 e. The first-order chi connectivity index (χ1) is 19.7. The lowest BCUT2D eigenvalue weighted by molar-refractivity contribution is -0.240. The van der Waals surface area contributed by atoms with E-state index in [-0.39, 0.29) is 22.2 Å². The summed E-state index contributed by atoms with van der Waals surface area (Å²) in [5.41, 5.74) is 2.94. The van der Waals surface area contributed by atoms with E-state index in [1.807, 2.05) is 12.1 Å². The summed E-state index contributed by atoms with van der Waals surface area (Å²) in [6.45, 7) is 20.5. The molecule has 0 aromatic heterocycles. The summed E-state index contributed by atoms with van der Waals surface area (Å²) in [7, 11) is 0. The minimum absolute atomic E-state index is 0.189. The molecule has 0 unspecified atom stereocenters. The summed E-state index contributed by atoms with van der Waals surface area (Å²) in [4.78, 5) is 12.9. The molecule has 232 valence electrons. The third kappa shape index (κ3) is 4.12. The van der Waals surface area contributed by atoms with E-state index in [2.05, 4.69) is 53.4 Å². The summed E-state index contributed by atoms with van der Waals surface area (Å²) in [5.74, 6) is 2.29. The van der Waals surface area contributed by atoms with E-state index in [9.17, 15) is 15.0 Å². The maximum Gasteiger partial charge on any atom is 0.309 e. The average Bonchev–Trinajstić information content (AvgIpc) is 3.33. The van der Waals surface area contributed by atoms with Crippen LogP contribution in [-0.2, 0) is 11.2 Å². The van der Waals surface area contributed by atoms with Crippen LogP contribution in [0.5, 0.6) is 5.75 Å². The Morgan fingerprint density at radius 3 is 2.26 bits per heavy atom. The first-order valence-electron chi connectivity index (χ1n) is 17.1. The van der Waals surface area contributed by atoms with Gasteiger partial charge in [-0.1, -0.05) is 58.9 Å². The zero-order valence-corrected chi connectivity index (χ0v) is 27.3. The van der Waals surface area contributed by atoms with Gasteiger partial charge in [0.1, 0.15) is 5.75 Å². The number of nitrogens with one attached hydrogen (secondary N) is 1. The standard InChI is InChI=1S/C38H57NO3/c1-24(2)27-14-20-38(33(41)42)22-21-36(6)28(32(27)38)12-13-30-35(5)18-16-31(34(3,4)29(35)15-19-37(30,36)7)39-23-17-25-8-10-26(40)11-9-25/h8-11,27-32,39-40H,1,12-23H2,2-7H3,(H,41,42)/t27-,28+,29-,30+,31-,32+,35-,36+,37+,38-/m0/s1. The zero-order chi connectivity index (χ0) is 30.3. The SMILES string of the molecule is C=C(C)[C@@H]1CC[C@]2(C(=O)O)CC[C@]3(C)[C@H](CC[C@@H]4[C@@]5(C)CC[C@H](NCCc6ccc(O)cc6)C(C)(C)[C@@H]5CC[C@]43C)[C@@H]12. The molecule has 1 aromatic rings. The fourth-order valence-electron chi connectivity index (χ4n) is 12.9. The molecule has 6 rings (SSSR count). The van der Waals surface area contributed by atoms with E-state index in [0.29, 0.717) is 40.9 Å². The summed E-state index contributed by atoms with van der Waals surface area (Å²) in [6.07, 6.45) is 12.3. The predicted octanol–water partition coefficient (Wildman–Crippen LogP) is 8.64. The van der Waals surface area contributed by atoms with Gasteiger partial charge in [0, 0.05) is 6.04 Å². The molecule has 0 bridgehead atoms. The Morgan fingerprint density at radius 1 is 0.881 bits per heavy atom. The fourth-order valence-corrected chi connectivity index (χ4v) is 12.9. The number of hydrogen-bond donors (Lipinski definition) is 3. The van der Waals surface area contributed by atoms with Gasteiger partial charge in [-0.2, -0.15) is 0 Å². The lowest BCUT2D eigenvalue weighted by Gasteiger charge is -2.73. The number of carboxylic acids is 1. The van der Waals surface area contributed by atoms with Crippen LogP contribution in [0.25, 0.3) is 0 Å². The van der Waals surface area contributed by atoms with Crippen molar-refractivity contribution >= 4 is 5.97 Å². The van der Waals surface area contributed by atoms with Crippen LogP contribution in [0.3, 0.4) is 0 Å². The number of fused-ring (bicyclic) bond motifs is 7. The lowest BCUT2D eigenvalue weighted by Crippen LogP contribution is -2.67. The second-order valence-electron chi connectivity index (χ2n) is 16.9. The van der Waals surface area contributed by atoms with Crippen LogP contribution in [0.15, 0.2) is 36.4 Å². The molecule has 0 saturated heterocycles. The Hall–Kier alpha value is -1.81. The Bertz CT molecular complexity index is 1220. The first kappa shape index (κ1) is 30.2. The van der Waals surface area contributed by atoms with Crippen molar-refractivity contribution in [3.05, 3.63) is 42.0 Å². The van der Waals surface area contributed by atoms with Gasteiger partial charge in [-0.3, -0.25) is 4.79 Å². The van der Waals surface area contributed by atoms with Crippen LogP contribution in [0.4, 0.5) is 0 Å². The number of allylic oxidation sites excluding steroid dienone is 1. The van der Waals surface area contributed by atoms with E-state index in [4.69, 9.17) is 0 Å². The van der Waals surface area contributed by atoms with Gasteiger partial charge in [-0.25, -0.2) is 0 Å². The van der Waals surface area contributed by atoms with Gasteiger partial charge in [0.15, 0.2) is 0 Å². The van der Waals surface area contributed by atoms with Crippen molar-refractivity contribution in [2.45, 2.75) is 118 Å². The Balaban J connectivity index is 1.24. The molecule has 5 aliphatic rings. The highest BCUT2D eigenvalue weighted by Gasteiger charge is 2.72. The van der Waals surface area contributed by atoms with Crippen molar-refractivity contribution in [1.29, 1.82) is 0 Å². The number of carbonyl (C=O) groups is 1. The molecule has 1 aromatic carbocycles. The molecule has 4 nitrogen and oxygen atoms in total. The summed E-state index contributed by atoms with van der Waals surface area (Å²) in [6, 6.07) is 8.17. The zero-order valence-electron chi connectivity index (χ0n) is 27.3. The number of hydrogen-bond acceptors (Lipinski definition) is 3. The number of phenolic OH excluding ortho intramolecular Hbond substituents is 1. The van der Waals surface area contributed by atoms with Gasteiger partial charge < -0.3 is 15.5 Å². The second-order valence-corrected chi connectivity index (χ2v) is 16.9. The summed E-state index contributed by atoms with van der Waals surface area (Å²) >= 11 is 0. The van der Waals surface area contributed by atoms with Gasteiger partial charge in [-0.15, -0.1) is 0 Å². The van der Waals surface area contributed by atoms with Crippen LogP contribution in [0, 0.1) is 56.7 Å². The maximum absolute atomic E-state index is 12.9. The fraction of sp³-hybridized carbons (Fsp3) is 0.763. The molecule has 0 spiro atoms. The molecule has 3 N–H and O–H groups in total. The van der Waals surface area contributed by atoms with E-state index in [1.54, 1.807) is 12.1 Å². The topological polar surface area (TPSA) is 69.6 Å². The van der Waals surface area contributed by atoms with Crippen LogP contribution in [0.1, 0.15) is 111 Å². The van der Waals surface area contributed by atoms with Crippen LogP contribution < -0.4 is 5.32 Å². The van der Waals surface area contributed by atoms with Crippen molar-refractivity contribution in [3.8, 4) is 5.75 Å². The molecule has 42 heavy (non-hydrogen) atoms. The number of rotatable bonds is 6. The summed E-state index contributed by atoms with van der Waals surface area (Å²) < 4.78 is 0. The van der Waals surface area contributed by atoms with Crippen LogP contribution in [0.2, 0.25) is 0 Å². The van der Waals surface area contributed by atoms with Gasteiger partial charge in [0.2, 0.25) is 0 Å². The molecule has 0 amide bonds. The van der Waals surface area contributed by atoms with E-state index in [0.717, 1.165) is 38.6 Å². The molecule has 0 aliphatic heterocycles. The average molecular weight is 576 g/mol. The highest BCUT2D eigenvalue weighted by molar-refractivity contribution is 5.76. The van der Waals surface area contributed by atoms with Crippen LogP contribution in [-0.4, -0.2) is 28.8 Å². The van der Waals surface area contributed by atoms with Gasteiger partial charge in [0.05, 0.1) is 5.41 Å². The largest absolute Gasteiger partial charge is 0.508 e. The number of aliphatic carboxylic acids is 1. The first-order valence-corrected chi connectivity index (χ1v) is 17.1. The Kier molecular flexibility index (Phi) is 7.28. The number of carboxylic acid groups (broad SMARTS) is 1. The minimum atomic E-state index is -0.538. The molecule has 5 saturated carbocycles. The van der Waals surface area contributed by atoms with E-state index in [1.165, 1.54) is 49.7 Å². The monoisotopic (exact) mass is 575 g/mol. The van der Waals surface area contributed by atoms with E-state index < -0.39 is 11.4 Å². The predicted molar refractivity (Wildman–Crippen MR) is 170 cm³/mol. The van der Waals surface area contributed by atoms with Crippen molar-refractivity contribution in [1.82, 2.24) is 5.32 Å². The van der Waals surface area contributed by atoms with Crippen molar-refractivity contribution < 1.29 is 15.0 Å².